The van der Waals surface area contributed by atoms with E-state index >= 15 is 0 Å². The zero-order valence-corrected chi connectivity index (χ0v) is 28.2. The zero-order chi connectivity index (χ0) is 35.0. The molecule has 3 aromatic carbocycles. The van der Waals surface area contributed by atoms with Crippen LogP contribution in [0.4, 0.5) is 25.8 Å². The number of anilines is 1. The highest BCUT2D eigenvalue weighted by Gasteiger charge is 2.35. The summed E-state index contributed by atoms with van der Waals surface area (Å²) in [4.78, 5) is 41.7. The summed E-state index contributed by atoms with van der Waals surface area (Å²) in [6.07, 6.45) is 2.68. The molecule has 18 heteroatoms. The molecule has 0 fully saturated rings. The van der Waals surface area contributed by atoms with Crippen LogP contribution in [0.15, 0.2) is 71.8 Å². The van der Waals surface area contributed by atoms with E-state index in [2.05, 4.69) is 9.97 Å². The number of benzene rings is 3. The number of sulfonamides is 1. The average Bonchev–Trinajstić information content (AvgIpc) is 3.06. The monoisotopic (exact) mass is 725 g/mol. The van der Waals surface area contributed by atoms with E-state index in [9.17, 15) is 31.6 Å². The second kappa shape index (κ2) is 16.1. The van der Waals surface area contributed by atoms with Gasteiger partial charge in [0.15, 0.2) is 24.9 Å². The fourth-order valence-corrected chi connectivity index (χ4v) is 7.06. The molecule has 0 N–H and O–H groups in total. The molecule has 13 nitrogen and oxygen atoms in total. The zero-order valence-electron chi connectivity index (χ0n) is 25.8. The molecule has 1 atom stereocenters. The third-order valence-corrected chi connectivity index (χ3v) is 9.52. The summed E-state index contributed by atoms with van der Waals surface area (Å²) < 4.78 is 76.0. The predicted octanol–water partition coefficient (Wildman–Crippen LogP) is 5.95. The first-order valence-corrected chi connectivity index (χ1v) is 17.6. The number of rotatable bonds is 16. The van der Waals surface area contributed by atoms with Crippen LogP contribution in [0.2, 0.25) is 5.28 Å². The summed E-state index contributed by atoms with van der Waals surface area (Å²) >= 11 is 4.48. The van der Waals surface area contributed by atoms with Gasteiger partial charge in [-0.3, -0.25) is 4.31 Å². The summed E-state index contributed by atoms with van der Waals surface area (Å²) in [5.41, 5.74) is -0.0207. The Morgan fingerprint density at radius 3 is 2.44 bits per heavy atom. The van der Waals surface area contributed by atoms with Gasteiger partial charge in [-0.2, -0.15) is 0 Å². The van der Waals surface area contributed by atoms with E-state index in [-0.39, 0.29) is 85.8 Å². The smallest absolute Gasteiger partial charge is 0.337 e. The number of halogens is 3. The lowest BCUT2D eigenvalue weighted by atomic mass is 10.1. The Morgan fingerprint density at radius 2 is 1.73 bits per heavy atom. The minimum absolute atomic E-state index is 0.00281. The van der Waals surface area contributed by atoms with Crippen LogP contribution < -0.4 is 9.04 Å². The van der Waals surface area contributed by atoms with Gasteiger partial charge in [0, 0.05) is 41.9 Å². The van der Waals surface area contributed by atoms with Crippen LogP contribution in [0.1, 0.15) is 18.4 Å². The maximum Gasteiger partial charge on any atom is 0.337 e. The van der Waals surface area contributed by atoms with Gasteiger partial charge in [0.2, 0.25) is 5.28 Å². The highest BCUT2D eigenvalue weighted by molar-refractivity contribution is 7.93. The number of nitrogens with zero attached hydrogens (tertiary/aromatic N) is 5. The number of para-hydroxylation sites is 1. The van der Waals surface area contributed by atoms with Crippen molar-refractivity contribution in [2.24, 2.45) is 0 Å². The van der Waals surface area contributed by atoms with Crippen molar-refractivity contribution < 1.29 is 46.0 Å². The number of ether oxygens (including phenoxy) is 1. The van der Waals surface area contributed by atoms with Crippen molar-refractivity contribution in [2.75, 3.05) is 37.9 Å². The first-order valence-electron chi connectivity index (χ1n) is 14.0. The van der Waals surface area contributed by atoms with Gasteiger partial charge in [-0.1, -0.05) is 23.3 Å². The van der Waals surface area contributed by atoms with Crippen LogP contribution in [0.3, 0.4) is 0 Å². The van der Waals surface area contributed by atoms with Crippen LogP contribution in [0.5, 0.6) is 5.75 Å². The highest BCUT2D eigenvalue weighted by atomic mass is 35.5. The van der Waals surface area contributed by atoms with E-state index in [1.165, 1.54) is 54.8 Å². The van der Waals surface area contributed by atoms with Crippen molar-refractivity contribution in [2.45, 2.75) is 23.5 Å². The molecule has 0 amide bonds. The molecule has 0 aliphatic heterocycles. The van der Waals surface area contributed by atoms with Gasteiger partial charge in [0.1, 0.15) is 23.0 Å². The van der Waals surface area contributed by atoms with E-state index < -0.39 is 32.8 Å². The van der Waals surface area contributed by atoms with Gasteiger partial charge in [-0.15, -0.1) is 0 Å². The molecule has 0 saturated heterocycles. The largest absolute Gasteiger partial charge is 0.616 e. The molecular formula is C30H30ClF2N5O8S2+2. The summed E-state index contributed by atoms with van der Waals surface area (Å²) in [6, 6.07) is 13.0. The van der Waals surface area contributed by atoms with E-state index in [1.54, 1.807) is 0 Å². The molecule has 0 bridgehead atoms. The van der Waals surface area contributed by atoms with Crippen molar-refractivity contribution in [3.05, 3.63) is 99.2 Å². The second-order valence-corrected chi connectivity index (χ2v) is 13.6. The van der Waals surface area contributed by atoms with Crippen molar-refractivity contribution in [1.82, 2.24) is 9.97 Å². The first-order chi connectivity index (χ1) is 22.8. The highest BCUT2D eigenvalue weighted by Crippen LogP contribution is 2.34. The summed E-state index contributed by atoms with van der Waals surface area (Å²) in [5.74, 6) is -1.48. The van der Waals surface area contributed by atoms with Crippen LogP contribution in [-0.4, -0.2) is 66.4 Å². The SMILES string of the molecule is CO[N+](=O)c1cc(C[S+](C)[O-])cc(N(CCCCOc2cc(F)ccc2-c2nc(Cl)ncc2F)S(=O)(=O)c2ccccc2[N+](=O)OC)c1. The van der Waals surface area contributed by atoms with Gasteiger partial charge < -0.3 is 9.29 Å². The summed E-state index contributed by atoms with van der Waals surface area (Å²) in [6.45, 7) is -0.251. The number of unbranched alkanes of at least 4 members (excludes halogenated alkanes) is 1. The minimum Gasteiger partial charge on any atom is -0.616 e. The van der Waals surface area contributed by atoms with Crippen molar-refractivity contribution in [3.63, 3.8) is 0 Å². The Kier molecular flexibility index (Phi) is 12.2. The maximum atomic E-state index is 14.5. The van der Waals surface area contributed by atoms with Crippen LogP contribution >= 0.6 is 11.6 Å². The molecule has 0 radical (unpaired) electrons. The van der Waals surface area contributed by atoms with E-state index in [0.29, 0.717) is 5.56 Å². The second-order valence-electron chi connectivity index (χ2n) is 10.0. The lowest BCUT2D eigenvalue weighted by Crippen LogP contribution is -2.33. The molecule has 4 rings (SSSR count). The van der Waals surface area contributed by atoms with Gasteiger partial charge in [-0.05, 0) is 48.7 Å². The average molecular weight is 726 g/mol. The van der Waals surface area contributed by atoms with Crippen molar-refractivity contribution in [1.29, 1.82) is 0 Å². The number of aromatic nitrogens is 2. The van der Waals surface area contributed by atoms with Gasteiger partial charge >= 0.3 is 11.4 Å². The topological polar surface area (TPSA) is 154 Å². The lowest BCUT2D eigenvalue weighted by molar-refractivity contribution is -0.738. The molecule has 48 heavy (non-hydrogen) atoms. The predicted molar refractivity (Wildman–Crippen MR) is 173 cm³/mol. The van der Waals surface area contributed by atoms with E-state index in [1.807, 2.05) is 0 Å². The quantitative estimate of drug-likeness (QED) is 0.0586. The Balaban J connectivity index is 1.66. The first kappa shape index (κ1) is 36.4. The maximum absolute atomic E-state index is 14.5. The molecule has 4 aromatic rings. The molecule has 254 valence electrons. The number of hydrogen-bond donors (Lipinski definition) is 0. The molecule has 1 heterocycles. The molecule has 0 spiro atoms. The molecule has 0 aliphatic rings. The van der Waals surface area contributed by atoms with Crippen LogP contribution in [0.25, 0.3) is 11.3 Å². The fraction of sp³-hybridized carbons (Fsp3) is 0.267. The van der Waals surface area contributed by atoms with Gasteiger partial charge in [0.25, 0.3) is 19.9 Å². The molecule has 1 unspecified atom stereocenters. The lowest BCUT2D eigenvalue weighted by Gasteiger charge is -2.24. The standard InChI is InChI=1S/C30H30ClF2N5O8S2/c1-44-37(39)23-15-20(19-47(3)41)14-22(17-23)36(48(42,43)28-9-5-4-8-26(28)38(40)45-2)12-6-7-13-46-27-16-21(32)10-11-24(27)29-25(33)18-34-30(31)35-29/h4-5,8-11,14-18H,6-7,12-13,19H2,1-3H3/q+2. The normalized spacial score (nSPS) is 11.9. The molecule has 0 saturated carbocycles. The van der Waals surface area contributed by atoms with Crippen LogP contribution in [-0.2, 0) is 36.6 Å². The van der Waals surface area contributed by atoms with E-state index in [0.717, 1.165) is 36.9 Å². The molecular weight excluding hydrogens is 696 g/mol. The van der Waals surface area contributed by atoms with Crippen molar-refractivity contribution in [3.8, 4) is 17.0 Å². The summed E-state index contributed by atoms with van der Waals surface area (Å²) in [5, 5.41) is -0.224. The van der Waals surface area contributed by atoms with Crippen molar-refractivity contribution >= 4 is 49.9 Å². The third-order valence-electron chi connectivity index (χ3n) is 6.72. The van der Waals surface area contributed by atoms with Gasteiger partial charge in [0.05, 0.1) is 34.6 Å². The third kappa shape index (κ3) is 8.71. The minimum atomic E-state index is -4.52. The Labute approximate surface area is 282 Å². The summed E-state index contributed by atoms with van der Waals surface area (Å²) in [7, 11) is -2.30. The van der Waals surface area contributed by atoms with Crippen LogP contribution in [0, 0.1) is 21.4 Å². The molecule has 0 aliphatic carbocycles. The fourth-order valence-electron chi connectivity index (χ4n) is 4.65. The number of hydrogen-bond acceptors (Lipinski definition) is 10. The Morgan fingerprint density at radius 1 is 1.00 bits per heavy atom. The van der Waals surface area contributed by atoms with Gasteiger partial charge in [-0.25, -0.2) is 36.8 Å². The Hall–Kier alpha value is -4.45. The molecule has 1 aromatic heterocycles. The Bertz CT molecular complexity index is 1920. The van der Waals surface area contributed by atoms with E-state index in [4.69, 9.17) is 26.0 Å².